The van der Waals surface area contributed by atoms with E-state index in [1.54, 1.807) is 24.5 Å². The predicted molar refractivity (Wildman–Crippen MR) is 68.8 cm³/mol. The van der Waals surface area contributed by atoms with Gasteiger partial charge in [0, 0.05) is 18.0 Å². The van der Waals surface area contributed by atoms with Gasteiger partial charge < -0.3 is 11.1 Å². The molecule has 2 aromatic rings. The number of rotatable bonds is 3. The number of pyridine rings is 1. The van der Waals surface area contributed by atoms with Crippen molar-refractivity contribution in [2.45, 2.75) is 6.54 Å². The molecule has 19 heavy (non-hydrogen) atoms. The lowest BCUT2D eigenvalue weighted by molar-refractivity contribution is -0.116. The van der Waals surface area contributed by atoms with Crippen LogP contribution in [0.25, 0.3) is 0 Å². The molecule has 0 aliphatic carbocycles. The summed E-state index contributed by atoms with van der Waals surface area (Å²) in [5.41, 5.74) is 6.04. The molecular formula is C12H12N6O. The van der Waals surface area contributed by atoms with Crippen molar-refractivity contribution in [2.75, 3.05) is 11.9 Å². The molecule has 3 N–H and O–H groups in total. The minimum Gasteiger partial charge on any atom is -0.320 e. The lowest BCUT2D eigenvalue weighted by Gasteiger charge is -2.04. The average Bonchev–Trinajstić information content (AvgIpc) is 2.89. The maximum atomic E-state index is 11.7. The third kappa shape index (κ3) is 3.90. The second kappa shape index (κ2) is 6.28. The van der Waals surface area contributed by atoms with Crippen molar-refractivity contribution in [2.24, 2.45) is 5.73 Å². The highest BCUT2D eigenvalue weighted by atomic mass is 16.2. The Morgan fingerprint density at radius 1 is 1.47 bits per heavy atom. The van der Waals surface area contributed by atoms with Crippen LogP contribution >= 0.6 is 0 Å². The van der Waals surface area contributed by atoms with Crippen LogP contribution in [0, 0.1) is 11.8 Å². The molecule has 0 bridgehead atoms. The van der Waals surface area contributed by atoms with E-state index in [1.165, 1.54) is 10.9 Å². The zero-order valence-corrected chi connectivity index (χ0v) is 10.1. The number of anilines is 1. The summed E-state index contributed by atoms with van der Waals surface area (Å²) in [5, 5.41) is 9.98. The molecule has 7 nitrogen and oxygen atoms in total. The number of carbonyl (C=O) groups is 1. The molecule has 0 aromatic carbocycles. The molecule has 0 saturated heterocycles. The van der Waals surface area contributed by atoms with E-state index in [9.17, 15) is 4.79 Å². The topological polar surface area (TPSA) is 98.7 Å². The summed E-state index contributed by atoms with van der Waals surface area (Å²) in [6.07, 6.45) is 4.69. The van der Waals surface area contributed by atoms with Gasteiger partial charge in [0.1, 0.15) is 12.4 Å². The standard InChI is InChI=1S/C12H12N6O/c13-4-1-2-10-3-5-14-11(8-10)16-12(19)9-18-7-6-15-17-18/h3,5-8H,4,9,13H2,(H,14,16,19). The van der Waals surface area contributed by atoms with Gasteiger partial charge in [-0.3, -0.25) is 4.79 Å². The van der Waals surface area contributed by atoms with E-state index in [0.717, 1.165) is 5.56 Å². The summed E-state index contributed by atoms with van der Waals surface area (Å²) < 4.78 is 1.42. The second-order valence-electron chi connectivity index (χ2n) is 3.58. The predicted octanol–water partition coefficient (Wildman–Crippen LogP) is -0.378. The lowest BCUT2D eigenvalue weighted by Crippen LogP contribution is -2.19. The number of aromatic nitrogens is 4. The fraction of sp³-hybridized carbons (Fsp3) is 0.167. The van der Waals surface area contributed by atoms with Crippen LogP contribution in [0.1, 0.15) is 5.56 Å². The SMILES string of the molecule is NCC#Cc1ccnc(NC(=O)Cn2ccnn2)c1. The normalized spacial score (nSPS) is 9.53. The Labute approximate surface area is 109 Å². The molecule has 0 saturated carbocycles. The molecule has 2 heterocycles. The minimum atomic E-state index is -0.234. The summed E-state index contributed by atoms with van der Waals surface area (Å²) in [7, 11) is 0. The summed E-state index contributed by atoms with van der Waals surface area (Å²) in [4.78, 5) is 15.7. The van der Waals surface area contributed by atoms with Gasteiger partial charge in [-0.25, -0.2) is 9.67 Å². The minimum absolute atomic E-state index is 0.0837. The summed E-state index contributed by atoms with van der Waals surface area (Å²) in [6.45, 7) is 0.372. The van der Waals surface area contributed by atoms with Gasteiger partial charge >= 0.3 is 0 Å². The van der Waals surface area contributed by atoms with E-state index in [1.807, 2.05) is 0 Å². The Morgan fingerprint density at radius 2 is 2.37 bits per heavy atom. The highest BCUT2D eigenvalue weighted by molar-refractivity contribution is 5.89. The fourth-order valence-corrected chi connectivity index (χ4v) is 1.38. The van der Waals surface area contributed by atoms with Gasteiger partial charge in [-0.05, 0) is 12.1 Å². The van der Waals surface area contributed by atoms with E-state index in [0.29, 0.717) is 5.82 Å². The van der Waals surface area contributed by atoms with Gasteiger partial charge in [-0.15, -0.1) is 5.10 Å². The highest BCUT2D eigenvalue weighted by Gasteiger charge is 2.05. The van der Waals surface area contributed by atoms with E-state index in [-0.39, 0.29) is 19.0 Å². The summed E-state index contributed by atoms with van der Waals surface area (Å²) in [6, 6.07) is 3.43. The van der Waals surface area contributed by atoms with Gasteiger partial charge in [-0.1, -0.05) is 17.1 Å². The molecule has 0 atom stereocenters. The zero-order valence-electron chi connectivity index (χ0n) is 10.1. The van der Waals surface area contributed by atoms with Crippen LogP contribution < -0.4 is 11.1 Å². The molecule has 2 aromatic heterocycles. The molecule has 96 valence electrons. The molecule has 0 aliphatic heterocycles. The monoisotopic (exact) mass is 256 g/mol. The van der Waals surface area contributed by atoms with Gasteiger partial charge in [0.15, 0.2) is 0 Å². The van der Waals surface area contributed by atoms with Crippen LogP contribution in [0.4, 0.5) is 5.82 Å². The number of hydrogen-bond donors (Lipinski definition) is 2. The molecule has 0 aliphatic rings. The van der Waals surface area contributed by atoms with Crippen molar-refractivity contribution in [3.63, 3.8) is 0 Å². The maximum absolute atomic E-state index is 11.7. The number of nitrogens with one attached hydrogen (secondary N) is 1. The molecule has 0 spiro atoms. The number of hydrogen-bond acceptors (Lipinski definition) is 5. The Bertz CT molecular complexity index is 611. The summed E-state index contributed by atoms with van der Waals surface area (Å²) >= 11 is 0. The number of nitrogens with two attached hydrogens (primary N) is 1. The Kier molecular flexibility index (Phi) is 4.21. The van der Waals surface area contributed by atoms with Crippen LogP contribution in [0.5, 0.6) is 0 Å². The van der Waals surface area contributed by atoms with Crippen LogP contribution in [-0.2, 0) is 11.3 Å². The molecule has 0 radical (unpaired) electrons. The largest absolute Gasteiger partial charge is 0.320 e. The molecule has 0 fully saturated rings. The van der Waals surface area contributed by atoms with Crippen molar-refractivity contribution in [3.8, 4) is 11.8 Å². The van der Waals surface area contributed by atoms with Crippen molar-refractivity contribution >= 4 is 11.7 Å². The van der Waals surface area contributed by atoms with Gasteiger partial charge in [0.2, 0.25) is 5.91 Å². The molecular weight excluding hydrogens is 244 g/mol. The number of nitrogens with zero attached hydrogens (tertiary/aromatic N) is 4. The number of carbonyl (C=O) groups excluding carboxylic acids is 1. The first kappa shape index (κ1) is 12.7. The zero-order chi connectivity index (χ0) is 13.5. The van der Waals surface area contributed by atoms with Crippen LogP contribution in [0.15, 0.2) is 30.7 Å². The Morgan fingerprint density at radius 3 is 3.11 bits per heavy atom. The van der Waals surface area contributed by atoms with Crippen LogP contribution in [-0.4, -0.2) is 32.4 Å². The van der Waals surface area contributed by atoms with Gasteiger partial charge in [0.25, 0.3) is 0 Å². The molecule has 7 heteroatoms. The van der Waals surface area contributed by atoms with Crippen molar-refractivity contribution in [1.29, 1.82) is 0 Å². The quantitative estimate of drug-likeness (QED) is 0.729. The third-order valence-electron chi connectivity index (χ3n) is 2.14. The van der Waals surface area contributed by atoms with E-state index >= 15 is 0 Å². The first-order valence-electron chi connectivity index (χ1n) is 5.57. The average molecular weight is 256 g/mol. The first-order chi connectivity index (χ1) is 9.28. The smallest absolute Gasteiger partial charge is 0.247 e. The van der Waals surface area contributed by atoms with Crippen molar-refractivity contribution < 1.29 is 4.79 Å². The van der Waals surface area contributed by atoms with Crippen LogP contribution in [0.3, 0.4) is 0 Å². The summed E-state index contributed by atoms with van der Waals surface area (Å²) in [5.74, 6) is 5.81. The first-order valence-corrected chi connectivity index (χ1v) is 5.57. The molecule has 2 rings (SSSR count). The lowest BCUT2D eigenvalue weighted by atomic mass is 10.2. The third-order valence-corrected chi connectivity index (χ3v) is 2.14. The van der Waals surface area contributed by atoms with Crippen molar-refractivity contribution in [1.82, 2.24) is 20.0 Å². The number of amides is 1. The maximum Gasteiger partial charge on any atom is 0.247 e. The molecule has 1 amide bonds. The van der Waals surface area contributed by atoms with Gasteiger partial charge in [-0.2, -0.15) is 0 Å². The van der Waals surface area contributed by atoms with E-state index < -0.39 is 0 Å². The fourth-order valence-electron chi connectivity index (χ4n) is 1.38. The van der Waals surface area contributed by atoms with Crippen LogP contribution in [0.2, 0.25) is 0 Å². The van der Waals surface area contributed by atoms with E-state index in [2.05, 4.69) is 32.5 Å². The Balaban J connectivity index is 2.00. The molecule has 0 unspecified atom stereocenters. The van der Waals surface area contributed by atoms with E-state index in [4.69, 9.17) is 5.73 Å². The van der Waals surface area contributed by atoms with Crippen molar-refractivity contribution in [3.05, 3.63) is 36.3 Å². The Hall–Kier alpha value is -2.72. The highest BCUT2D eigenvalue weighted by Crippen LogP contribution is 2.05. The second-order valence-corrected chi connectivity index (χ2v) is 3.58. The van der Waals surface area contributed by atoms with Gasteiger partial charge in [0.05, 0.1) is 12.7 Å².